The molecule has 3 saturated carbocycles. The molecule has 0 saturated heterocycles. The first kappa shape index (κ1) is 29.2. The van der Waals surface area contributed by atoms with Crippen molar-refractivity contribution in [3.63, 3.8) is 0 Å². The molecule has 0 amide bonds. The second-order valence-electron chi connectivity index (χ2n) is 16.7. The molecule has 0 radical (unpaired) electrons. The second-order valence-corrected chi connectivity index (χ2v) is 16.7. The normalized spacial score (nSPS) is 40.8. The lowest BCUT2D eigenvalue weighted by Gasteiger charge is -2.58. The maximum absolute atomic E-state index is 13.1. The van der Waals surface area contributed by atoms with Gasteiger partial charge in [0.05, 0.1) is 1.37 Å². The molecule has 0 N–H and O–H groups in total. The van der Waals surface area contributed by atoms with E-state index in [1.807, 2.05) is 13.0 Å². The fraction of sp³-hybridized carbons (Fsp3) is 0.930. The van der Waals surface area contributed by atoms with Crippen LogP contribution >= 0.6 is 0 Å². The zero-order valence-corrected chi connectivity index (χ0v) is 30.5. The topological polar surface area (TPSA) is 26.3 Å². The largest absolute Gasteiger partial charge is 0.462 e. The van der Waals surface area contributed by atoms with Crippen LogP contribution in [0.2, 0.25) is 0 Å². The van der Waals surface area contributed by atoms with E-state index < -0.39 is 36.6 Å². The molecule has 0 aliphatic heterocycles. The van der Waals surface area contributed by atoms with E-state index in [0.29, 0.717) is 29.7 Å². The Kier molecular flexibility index (Phi) is 11.7. The predicted molar refractivity (Wildman–Crippen MR) is 193 cm³/mol. The molecule has 4 unspecified atom stereocenters. The molecule has 3 fully saturated rings. The van der Waals surface area contributed by atoms with Gasteiger partial charge in [0.2, 0.25) is 0 Å². The molecule has 260 valence electrons. The van der Waals surface area contributed by atoms with Crippen LogP contribution in [-0.4, -0.2) is 12.0 Å². The minimum atomic E-state index is -2.85. The van der Waals surface area contributed by atoms with Crippen molar-refractivity contribution in [1.82, 2.24) is 0 Å². The first-order chi connectivity index (χ1) is 24.0. The summed E-state index contributed by atoms with van der Waals surface area (Å²) in [5.41, 5.74) is -0.559. The summed E-state index contributed by atoms with van der Waals surface area (Å²) in [6.07, 6.45) is 16.7. The highest BCUT2D eigenvalue weighted by atomic mass is 16.5. The molecule has 4 aliphatic carbocycles. The van der Waals surface area contributed by atoms with E-state index in [1.165, 1.54) is 83.5 Å². The van der Waals surface area contributed by atoms with E-state index in [2.05, 4.69) is 34.6 Å². The summed E-state index contributed by atoms with van der Waals surface area (Å²) >= 11 is 0. The van der Waals surface area contributed by atoms with Crippen LogP contribution in [-0.2, 0) is 9.53 Å². The highest BCUT2D eigenvalue weighted by molar-refractivity contribution is 5.69. The monoisotopic (exact) mass is 631 g/mol. The molecule has 0 heterocycles. The summed E-state index contributed by atoms with van der Waals surface area (Å²) in [6.45, 7) is 13.6. The van der Waals surface area contributed by atoms with Gasteiger partial charge in [0.15, 0.2) is 0 Å². The predicted octanol–water partition coefficient (Wildman–Crippen LogP) is 13.4. The van der Waals surface area contributed by atoms with Gasteiger partial charge in [-0.05, 0) is 97.6 Å². The lowest BCUT2D eigenvalue weighted by molar-refractivity contribution is -0.151. The van der Waals surface area contributed by atoms with Gasteiger partial charge in [0, 0.05) is 19.7 Å². The van der Waals surface area contributed by atoms with Crippen molar-refractivity contribution < 1.29 is 17.8 Å². The molecule has 0 aromatic rings. The lowest BCUT2D eigenvalue weighted by atomic mass is 9.47. The fourth-order valence-electron chi connectivity index (χ4n) is 10.3. The summed E-state index contributed by atoms with van der Waals surface area (Å²) in [5, 5.41) is 0. The van der Waals surface area contributed by atoms with Crippen LogP contribution in [0.5, 0.6) is 0 Å². The van der Waals surface area contributed by atoms with Gasteiger partial charge in [-0.15, -0.1) is 0 Å². The lowest BCUT2D eigenvalue weighted by Crippen LogP contribution is -2.51. The molecule has 2 nitrogen and oxygen atoms in total. The quantitative estimate of drug-likeness (QED) is 0.0760. The first-order valence-corrected chi connectivity index (χ1v) is 19.8. The first-order valence-electron chi connectivity index (χ1n) is 22.9. The second kappa shape index (κ2) is 18.1. The van der Waals surface area contributed by atoms with E-state index in [9.17, 15) is 13.0 Å². The third-order valence-electron chi connectivity index (χ3n) is 13.0. The number of carbonyl (C=O) groups is 1. The molecule has 4 rings (SSSR count). The molecule has 9 atom stereocenters. The van der Waals surface area contributed by atoms with Gasteiger partial charge in [-0.2, -0.15) is 0 Å². The summed E-state index contributed by atoms with van der Waals surface area (Å²) in [4.78, 5) is 13.1. The third-order valence-corrected chi connectivity index (χ3v) is 13.0. The molecule has 45 heavy (non-hydrogen) atoms. The number of carbonyl (C=O) groups excluding carboxylic acids is 1. The van der Waals surface area contributed by atoms with Crippen molar-refractivity contribution in [2.45, 2.75) is 208 Å². The number of allylic oxidation sites excluding steroid dienone is 1. The smallest absolute Gasteiger partial charge is 0.306 e. The summed E-state index contributed by atoms with van der Waals surface area (Å²) in [7, 11) is 0. The summed E-state index contributed by atoms with van der Waals surface area (Å²) < 4.78 is 61.6. The van der Waals surface area contributed by atoms with Gasteiger partial charge in [-0.1, -0.05) is 150 Å². The van der Waals surface area contributed by atoms with Gasteiger partial charge in [0.1, 0.15) is 6.08 Å². The number of ether oxygens (including phenoxy) is 1. The minimum absolute atomic E-state index is 0.0720. The molecule has 0 aromatic heterocycles. The van der Waals surface area contributed by atoms with Crippen molar-refractivity contribution in [3.05, 3.63) is 11.6 Å². The summed E-state index contributed by atoms with van der Waals surface area (Å²) in [5.74, 6) is 1.95. The van der Waals surface area contributed by atoms with Crippen molar-refractivity contribution in [2.75, 3.05) is 0 Å². The Morgan fingerprint density at radius 2 is 1.53 bits per heavy atom. The molecule has 4 aliphatic rings. The highest BCUT2D eigenvalue weighted by Crippen LogP contribution is 2.67. The van der Waals surface area contributed by atoms with Crippen molar-refractivity contribution in [3.8, 4) is 0 Å². The molecule has 0 spiro atoms. The molecule has 0 bridgehead atoms. The number of hydrogen-bond donors (Lipinski definition) is 0. The average Bonchev–Trinajstić information content (AvgIpc) is 3.43. The van der Waals surface area contributed by atoms with Crippen LogP contribution in [0.1, 0.15) is 210 Å². The third kappa shape index (κ3) is 9.87. The number of fused-ring (bicyclic) bond motifs is 5. The van der Waals surface area contributed by atoms with E-state index in [0.717, 1.165) is 50.9 Å². The van der Waals surface area contributed by atoms with Crippen molar-refractivity contribution >= 4 is 5.97 Å². The molecular formula is C43H76O2. The van der Waals surface area contributed by atoms with Crippen LogP contribution in [0.4, 0.5) is 0 Å². The summed E-state index contributed by atoms with van der Waals surface area (Å²) in [6, 6.07) is 0. The van der Waals surface area contributed by atoms with Crippen molar-refractivity contribution in [2.24, 2.45) is 46.3 Å². The van der Waals surface area contributed by atoms with Crippen LogP contribution in [0.25, 0.3) is 0 Å². The zero-order valence-electron chi connectivity index (χ0n) is 36.5. The van der Waals surface area contributed by atoms with Crippen LogP contribution in [0.3, 0.4) is 0 Å². The molecular weight excluding hydrogens is 548 g/mol. The Morgan fingerprint density at radius 3 is 2.18 bits per heavy atom. The van der Waals surface area contributed by atoms with E-state index in [-0.39, 0.29) is 23.7 Å². The Hall–Kier alpha value is -0.790. The number of hydrogen-bond acceptors (Lipinski definition) is 2. The fourth-order valence-corrected chi connectivity index (χ4v) is 10.3. The maximum Gasteiger partial charge on any atom is 0.306 e. The standard InChI is InChI=1S/C43H76O2/c1-7-8-9-10-11-12-13-14-15-16-17-18-19-23-41(44)45-36-28-30-42(5)35(32-36)24-25-37-39-27-26-38(34(4)22-20-21-33(2)3)43(39,6)31-29-40(37)42/h24,33-34,36-40H,7-23,25-32H2,1-6H3/t34-,36+,37?,38-,39?,40?,42+,43-/m1/s1/i28D2,30D2,32D,36D/t32?,34-,36+,37?,38-,39?,40?,42+,43-. The van der Waals surface area contributed by atoms with E-state index in [4.69, 9.17) is 4.74 Å². The zero-order chi connectivity index (χ0) is 37.7. The minimum Gasteiger partial charge on any atom is -0.462 e. The van der Waals surface area contributed by atoms with Gasteiger partial charge in [-0.3, -0.25) is 4.79 Å². The van der Waals surface area contributed by atoms with E-state index >= 15 is 0 Å². The van der Waals surface area contributed by atoms with Crippen molar-refractivity contribution in [1.29, 1.82) is 0 Å². The number of rotatable bonds is 20. The Bertz CT molecular complexity index is 1160. The Balaban J connectivity index is 1.35. The van der Waals surface area contributed by atoms with Gasteiger partial charge >= 0.3 is 5.97 Å². The van der Waals surface area contributed by atoms with Gasteiger partial charge < -0.3 is 4.74 Å². The molecule has 0 aromatic carbocycles. The Morgan fingerprint density at radius 1 is 0.889 bits per heavy atom. The van der Waals surface area contributed by atoms with Gasteiger partial charge in [0.25, 0.3) is 0 Å². The maximum atomic E-state index is 13.1. The number of unbranched alkanes of at least 4 members (excludes halogenated alkanes) is 12. The number of esters is 1. The van der Waals surface area contributed by atoms with Crippen LogP contribution in [0.15, 0.2) is 11.6 Å². The highest BCUT2D eigenvalue weighted by Gasteiger charge is 2.59. The van der Waals surface area contributed by atoms with Crippen LogP contribution in [0, 0.1) is 46.3 Å². The van der Waals surface area contributed by atoms with E-state index in [1.54, 1.807) is 0 Å². The molecule has 2 heteroatoms. The van der Waals surface area contributed by atoms with Crippen LogP contribution < -0.4 is 0 Å². The van der Waals surface area contributed by atoms with Gasteiger partial charge in [-0.25, -0.2) is 0 Å². The Labute approximate surface area is 289 Å². The SMILES string of the molecule is [2H]C1C2=CCC3C4CC[C@H]([C@H](C)CCCC(C)C)[C@@]4(C)CCC3[C@@]2(C)C([2H])([2H])C([2H])([2H])[C@]1([2H])OC(=O)CCCCCCCCCCCCCCC. The average molecular weight is 631 g/mol.